The van der Waals surface area contributed by atoms with Crippen LogP contribution in [-0.4, -0.2) is 34.2 Å². The number of hydrogen-bond donors (Lipinski definition) is 1. The second-order valence-electron chi connectivity index (χ2n) is 9.75. The normalized spacial score (nSPS) is 14.6. The van der Waals surface area contributed by atoms with Crippen LogP contribution in [0, 0.1) is 18.7 Å². The van der Waals surface area contributed by atoms with E-state index in [2.05, 4.69) is 10.3 Å². The predicted octanol–water partition coefficient (Wildman–Crippen LogP) is 5.52. The van der Waals surface area contributed by atoms with Crippen LogP contribution in [0.25, 0.3) is 10.9 Å². The number of pyridine rings is 1. The number of fused-ring (bicyclic) bond motifs is 2. The van der Waals surface area contributed by atoms with E-state index in [9.17, 15) is 18.8 Å². The maximum atomic E-state index is 14.6. The molecule has 3 aromatic carbocycles. The average molecular weight is 510 g/mol. The lowest BCUT2D eigenvalue weighted by Crippen LogP contribution is -2.29. The monoisotopic (exact) mass is 509 g/mol. The van der Waals surface area contributed by atoms with Gasteiger partial charge in [-0.2, -0.15) is 0 Å². The van der Waals surface area contributed by atoms with E-state index in [4.69, 9.17) is 4.74 Å². The van der Waals surface area contributed by atoms with Gasteiger partial charge in [0.05, 0.1) is 35.4 Å². The topological polar surface area (TPSA) is 88.6 Å². The van der Waals surface area contributed by atoms with Crippen LogP contribution in [0.1, 0.15) is 55.0 Å². The van der Waals surface area contributed by atoms with Crippen molar-refractivity contribution in [2.45, 2.75) is 26.3 Å². The minimum Gasteiger partial charge on any atom is -0.493 e. The molecule has 1 aromatic heterocycles. The van der Waals surface area contributed by atoms with Crippen molar-refractivity contribution in [1.82, 2.24) is 9.88 Å². The molecule has 0 atom stereocenters. The average Bonchev–Trinajstić information content (AvgIpc) is 3.72. The third-order valence-electron chi connectivity index (χ3n) is 7.00. The molecule has 4 aromatic rings. The molecule has 0 bridgehead atoms. The Morgan fingerprint density at radius 1 is 1.05 bits per heavy atom. The molecule has 1 aliphatic heterocycles. The van der Waals surface area contributed by atoms with Crippen LogP contribution in [0.2, 0.25) is 0 Å². The molecule has 7 nitrogen and oxygen atoms in total. The van der Waals surface area contributed by atoms with Crippen molar-refractivity contribution in [1.29, 1.82) is 0 Å². The Kier molecular flexibility index (Phi) is 5.87. The van der Waals surface area contributed by atoms with Crippen molar-refractivity contribution in [3.05, 3.63) is 100 Å². The number of carbonyl (C=O) groups is 3. The summed E-state index contributed by atoms with van der Waals surface area (Å²) in [6, 6.07) is 16.4. The summed E-state index contributed by atoms with van der Waals surface area (Å²) in [5, 5.41) is 3.57. The zero-order valence-corrected chi connectivity index (χ0v) is 20.7. The van der Waals surface area contributed by atoms with Crippen LogP contribution >= 0.6 is 0 Å². The van der Waals surface area contributed by atoms with Crippen LogP contribution in [0.5, 0.6) is 5.75 Å². The molecule has 8 heteroatoms. The van der Waals surface area contributed by atoms with E-state index in [1.165, 1.54) is 17.0 Å². The summed E-state index contributed by atoms with van der Waals surface area (Å²) in [6.45, 7) is 2.49. The summed E-state index contributed by atoms with van der Waals surface area (Å²) in [4.78, 5) is 44.0. The van der Waals surface area contributed by atoms with Crippen molar-refractivity contribution in [3.63, 3.8) is 0 Å². The standard InChI is InChI=1S/C30H24FN3O4/c1-17-26(33-28(35)24-10-9-21(13-25(24)31)38-16-18-6-7-18)11-8-20-12-19(14-32-27(17)20)15-34-29(36)22-4-2-3-5-23(22)30(34)37/h2-5,8-14,18H,6-7,15-16H2,1H3,(H,33,35). The van der Waals surface area contributed by atoms with Gasteiger partial charge in [-0.1, -0.05) is 18.2 Å². The number of nitrogens with one attached hydrogen (secondary N) is 1. The van der Waals surface area contributed by atoms with Crippen molar-refractivity contribution in [2.24, 2.45) is 5.92 Å². The number of rotatable bonds is 7. The molecule has 0 saturated heterocycles. The highest BCUT2D eigenvalue weighted by Crippen LogP contribution is 2.31. The number of aryl methyl sites for hydroxylation is 1. The molecule has 38 heavy (non-hydrogen) atoms. The third-order valence-corrected chi connectivity index (χ3v) is 7.00. The summed E-state index contributed by atoms with van der Waals surface area (Å²) >= 11 is 0. The third kappa shape index (κ3) is 4.38. The van der Waals surface area contributed by atoms with Crippen LogP contribution in [0.4, 0.5) is 10.1 Å². The first-order valence-electron chi connectivity index (χ1n) is 12.5. The van der Waals surface area contributed by atoms with Crippen LogP contribution in [-0.2, 0) is 6.54 Å². The van der Waals surface area contributed by atoms with Gasteiger partial charge in [0.25, 0.3) is 17.7 Å². The lowest BCUT2D eigenvalue weighted by atomic mass is 10.1. The number of ether oxygens (including phenoxy) is 1. The Hall–Kier alpha value is -4.59. The zero-order valence-electron chi connectivity index (χ0n) is 20.7. The van der Waals surface area contributed by atoms with Gasteiger partial charge in [-0.25, -0.2) is 4.39 Å². The van der Waals surface area contributed by atoms with Gasteiger partial charge in [-0.15, -0.1) is 0 Å². The molecule has 2 aliphatic rings. The Labute approximate surface area is 218 Å². The molecule has 3 amide bonds. The Morgan fingerprint density at radius 2 is 1.79 bits per heavy atom. The highest BCUT2D eigenvalue weighted by Gasteiger charge is 2.35. The van der Waals surface area contributed by atoms with Gasteiger partial charge in [0.15, 0.2) is 0 Å². The Balaban J connectivity index is 1.18. The van der Waals surface area contributed by atoms with Gasteiger partial charge in [-0.05, 0) is 73.2 Å². The number of benzene rings is 3. The van der Waals surface area contributed by atoms with E-state index in [1.54, 1.807) is 48.7 Å². The Morgan fingerprint density at radius 3 is 2.47 bits per heavy atom. The summed E-state index contributed by atoms with van der Waals surface area (Å²) in [6.07, 6.45) is 3.89. The summed E-state index contributed by atoms with van der Waals surface area (Å²) in [5.41, 5.74) is 3.31. The second kappa shape index (κ2) is 9.37. The predicted molar refractivity (Wildman–Crippen MR) is 140 cm³/mol. The molecule has 6 rings (SSSR count). The van der Waals surface area contributed by atoms with E-state index in [0.29, 0.717) is 51.7 Å². The molecule has 190 valence electrons. The molecule has 1 saturated carbocycles. The maximum absolute atomic E-state index is 14.6. The van der Waals surface area contributed by atoms with Gasteiger partial charge in [-0.3, -0.25) is 24.3 Å². The van der Waals surface area contributed by atoms with E-state index < -0.39 is 11.7 Å². The van der Waals surface area contributed by atoms with E-state index in [0.717, 1.165) is 18.2 Å². The number of hydrogen-bond acceptors (Lipinski definition) is 5. The largest absolute Gasteiger partial charge is 0.493 e. The fourth-order valence-electron chi connectivity index (χ4n) is 4.64. The lowest BCUT2D eigenvalue weighted by molar-refractivity contribution is 0.0642. The zero-order chi connectivity index (χ0) is 26.4. The van der Waals surface area contributed by atoms with E-state index in [-0.39, 0.29) is 23.9 Å². The van der Waals surface area contributed by atoms with E-state index >= 15 is 0 Å². The number of anilines is 1. The summed E-state index contributed by atoms with van der Waals surface area (Å²) < 4.78 is 20.2. The SMILES string of the molecule is Cc1c(NC(=O)c2ccc(OCC3CC3)cc2F)ccc2cc(CN3C(=O)c4ccccc4C3=O)cnc12. The second-order valence-corrected chi connectivity index (χ2v) is 9.75. The fraction of sp³-hybridized carbons (Fsp3) is 0.200. The summed E-state index contributed by atoms with van der Waals surface area (Å²) in [5.74, 6) is -0.909. The first-order valence-corrected chi connectivity index (χ1v) is 12.5. The molecule has 1 fully saturated rings. The van der Waals surface area contributed by atoms with Crippen molar-refractivity contribution in [3.8, 4) is 5.75 Å². The molecule has 0 spiro atoms. The molecule has 0 radical (unpaired) electrons. The quantitative estimate of drug-likeness (QED) is 0.332. The molecular formula is C30H24FN3O4. The van der Waals surface area contributed by atoms with Gasteiger partial charge < -0.3 is 10.1 Å². The number of imide groups is 1. The Bertz CT molecular complexity index is 1590. The molecule has 0 unspecified atom stereocenters. The molecule has 1 aliphatic carbocycles. The van der Waals surface area contributed by atoms with Crippen LogP contribution in [0.15, 0.2) is 66.9 Å². The van der Waals surface area contributed by atoms with Crippen LogP contribution < -0.4 is 10.1 Å². The molecule has 1 N–H and O–H groups in total. The highest BCUT2D eigenvalue weighted by molar-refractivity contribution is 6.21. The maximum Gasteiger partial charge on any atom is 0.261 e. The number of amides is 3. The number of nitrogens with zero attached hydrogens (tertiary/aromatic N) is 2. The smallest absolute Gasteiger partial charge is 0.261 e. The van der Waals surface area contributed by atoms with E-state index in [1.807, 2.05) is 13.0 Å². The molecular weight excluding hydrogens is 485 g/mol. The highest BCUT2D eigenvalue weighted by atomic mass is 19.1. The van der Waals surface area contributed by atoms with Crippen molar-refractivity contribution < 1.29 is 23.5 Å². The lowest BCUT2D eigenvalue weighted by Gasteiger charge is -2.15. The first kappa shape index (κ1) is 23.8. The minimum absolute atomic E-state index is 0.0764. The fourth-order valence-corrected chi connectivity index (χ4v) is 4.64. The van der Waals surface area contributed by atoms with Crippen molar-refractivity contribution in [2.75, 3.05) is 11.9 Å². The minimum atomic E-state index is -0.648. The molecule has 2 heterocycles. The van der Waals surface area contributed by atoms with Gasteiger partial charge in [0.2, 0.25) is 0 Å². The number of halogens is 1. The number of carbonyl (C=O) groups excluding carboxylic acids is 3. The van der Waals surface area contributed by atoms with Gasteiger partial charge >= 0.3 is 0 Å². The van der Waals surface area contributed by atoms with Gasteiger partial charge in [0.1, 0.15) is 11.6 Å². The number of aromatic nitrogens is 1. The first-order chi connectivity index (χ1) is 18.4. The van der Waals surface area contributed by atoms with Crippen molar-refractivity contribution >= 4 is 34.3 Å². The van der Waals surface area contributed by atoms with Gasteiger partial charge in [0, 0.05) is 23.3 Å². The summed E-state index contributed by atoms with van der Waals surface area (Å²) in [7, 11) is 0. The van der Waals surface area contributed by atoms with Crippen LogP contribution in [0.3, 0.4) is 0 Å².